The largest absolute Gasteiger partial charge is 0.376 e. The summed E-state index contributed by atoms with van der Waals surface area (Å²) in [5.41, 5.74) is 1.22. The smallest absolute Gasteiger partial charge is 0.0717 e. The fourth-order valence-corrected chi connectivity index (χ4v) is 7.79. The van der Waals surface area contributed by atoms with Gasteiger partial charge in [-0.05, 0) is 34.8 Å². The summed E-state index contributed by atoms with van der Waals surface area (Å²) in [5, 5.41) is 4.14. The Hall–Kier alpha value is -2.86. The lowest BCUT2D eigenvalue weighted by Gasteiger charge is -2.29. The summed E-state index contributed by atoms with van der Waals surface area (Å²) in [6.45, 7) is -0.504. The Morgan fingerprint density at radius 2 is 0.933 bits per heavy atom. The zero-order valence-electron chi connectivity index (χ0n) is 17.1. The van der Waals surface area contributed by atoms with Crippen molar-refractivity contribution in [3.63, 3.8) is 0 Å². The lowest BCUT2D eigenvalue weighted by molar-refractivity contribution is 0.128. The summed E-state index contributed by atoms with van der Waals surface area (Å²) >= 11 is 0. The zero-order valence-corrected chi connectivity index (χ0v) is 18.0. The average molecular weight is 410 g/mol. The molecular formula is C28H27OP. The Kier molecular flexibility index (Phi) is 6.98. The molecule has 30 heavy (non-hydrogen) atoms. The minimum atomic E-state index is -1.87. The highest BCUT2D eigenvalue weighted by molar-refractivity contribution is 7.94. The van der Waals surface area contributed by atoms with Crippen molar-refractivity contribution >= 4 is 28.6 Å². The van der Waals surface area contributed by atoms with Crippen LogP contribution in [0.15, 0.2) is 121 Å². The molecule has 0 bridgehead atoms. The number of ether oxygens (including phenoxy) is 1. The average Bonchev–Trinajstić information content (AvgIpc) is 2.84. The molecule has 0 aliphatic rings. The third kappa shape index (κ3) is 4.65. The second kappa shape index (κ2) is 10.3. The molecule has 4 rings (SSSR count). The summed E-state index contributed by atoms with van der Waals surface area (Å²) in [5.74, 6) is 2.53. The van der Waals surface area contributed by atoms with Gasteiger partial charge in [-0.3, -0.25) is 0 Å². The first-order valence-corrected chi connectivity index (χ1v) is 12.3. The van der Waals surface area contributed by atoms with Crippen molar-refractivity contribution in [2.45, 2.75) is 13.0 Å². The van der Waals surface area contributed by atoms with Crippen molar-refractivity contribution in [1.29, 1.82) is 0 Å². The van der Waals surface area contributed by atoms with Gasteiger partial charge in [0.2, 0.25) is 0 Å². The molecule has 4 aromatic carbocycles. The van der Waals surface area contributed by atoms with Gasteiger partial charge in [0, 0.05) is 0 Å². The van der Waals surface area contributed by atoms with Crippen molar-refractivity contribution in [2.75, 3.05) is 6.61 Å². The minimum Gasteiger partial charge on any atom is -0.376 e. The van der Waals surface area contributed by atoms with E-state index < -0.39 is 6.89 Å². The predicted molar refractivity (Wildman–Crippen MR) is 132 cm³/mol. The van der Waals surface area contributed by atoms with Gasteiger partial charge in [0.15, 0.2) is 0 Å². The van der Waals surface area contributed by atoms with Gasteiger partial charge in [-0.25, -0.2) is 0 Å². The van der Waals surface area contributed by atoms with Crippen molar-refractivity contribution in [3.05, 3.63) is 127 Å². The van der Waals surface area contributed by atoms with Crippen LogP contribution in [-0.4, -0.2) is 12.4 Å². The molecular weight excluding hydrogens is 383 g/mol. The molecule has 0 radical (unpaired) electrons. The van der Waals surface area contributed by atoms with E-state index in [9.17, 15) is 0 Å². The van der Waals surface area contributed by atoms with E-state index in [1.807, 2.05) is 6.07 Å². The van der Waals surface area contributed by atoms with Gasteiger partial charge in [-0.1, -0.05) is 127 Å². The van der Waals surface area contributed by atoms with E-state index in [4.69, 9.17) is 4.74 Å². The molecule has 0 amide bonds. The van der Waals surface area contributed by atoms with Crippen LogP contribution >= 0.6 is 6.89 Å². The normalized spacial score (nSPS) is 11.2. The Morgan fingerprint density at radius 3 is 1.37 bits per heavy atom. The molecule has 1 nitrogen and oxygen atoms in total. The molecule has 0 aliphatic carbocycles. The van der Waals surface area contributed by atoms with Crippen molar-refractivity contribution in [1.82, 2.24) is 0 Å². The maximum atomic E-state index is 6.01. The summed E-state index contributed by atoms with van der Waals surface area (Å²) in [4.78, 5) is 0. The van der Waals surface area contributed by atoms with E-state index >= 15 is 0 Å². The third-order valence-corrected chi connectivity index (χ3v) is 9.41. The van der Waals surface area contributed by atoms with Crippen molar-refractivity contribution in [3.8, 4) is 0 Å². The lowest BCUT2D eigenvalue weighted by atomic mass is 10.2. The quantitative estimate of drug-likeness (QED) is 0.280. The highest BCUT2D eigenvalue weighted by atomic mass is 31.2. The molecule has 4 aromatic rings. The monoisotopic (exact) mass is 410 g/mol. The standard InChI is InChI=1S/C28H27OP/c1-5-14-25(15-6-1)24-29-22-13-23-30(26-16-7-2-8-17-26,27-18-9-3-10-19-27)28-20-11-4-12-21-28/h1-12,14-21,23H,13,22,24H2. The van der Waals surface area contributed by atoms with Crippen LogP contribution in [0, 0.1) is 0 Å². The SMILES string of the molecule is C(CCOCc1ccccc1)=P(c1ccccc1)(c1ccccc1)c1ccccc1. The van der Waals surface area contributed by atoms with E-state index in [-0.39, 0.29) is 0 Å². The van der Waals surface area contributed by atoms with Crippen LogP contribution < -0.4 is 15.9 Å². The zero-order chi connectivity index (χ0) is 20.5. The minimum absolute atomic E-state index is 0.655. The van der Waals surface area contributed by atoms with Gasteiger partial charge in [0.05, 0.1) is 13.2 Å². The molecule has 2 heteroatoms. The Bertz CT molecular complexity index is 971. The molecule has 0 saturated heterocycles. The fourth-order valence-electron chi connectivity index (χ4n) is 3.85. The molecule has 0 fully saturated rings. The van der Waals surface area contributed by atoms with Crippen molar-refractivity contribution in [2.24, 2.45) is 0 Å². The first kappa shape index (κ1) is 20.4. The van der Waals surface area contributed by atoms with Gasteiger partial charge >= 0.3 is 0 Å². The van der Waals surface area contributed by atoms with E-state index in [1.165, 1.54) is 21.5 Å². The van der Waals surface area contributed by atoms with E-state index in [0.717, 1.165) is 6.42 Å². The van der Waals surface area contributed by atoms with E-state index in [2.05, 4.69) is 121 Å². The van der Waals surface area contributed by atoms with Crippen LogP contribution in [0.25, 0.3) is 0 Å². The molecule has 0 N–H and O–H groups in total. The lowest BCUT2D eigenvalue weighted by Crippen LogP contribution is -2.27. The van der Waals surface area contributed by atoms with Gasteiger partial charge in [0.1, 0.15) is 0 Å². The maximum absolute atomic E-state index is 6.01. The van der Waals surface area contributed by atoms with Crippen LogP contribution in [-0.2, 0) is 11.3 Å². The number of hydrogen-bond donors (Lipinski definition) is 0. The van der Waals surface area contributed by atoms with Crippen LogP contribution in [0.2, 0.25) is 0 Å². The van der Waals surface area contributed by atoms with E-state index in [1.54, 1.807) is 0 Å². The highest BCUT2D eigenvalue weighted by Gasteiger charge is 2.24. The second-order valence-corrected chi connectivity index (χ2v) is 10.6. The molecule has 0 spiro atoms. The molecule has 0 atom stereocenters. The van der Waals surface area contributed by atoms with Crippen LogP contribution in [0.4, 0.5) is 0 Å². The summed E-state index contributed by atoms with van der Waals surface area (Å²) in [6.07, 6.45) is 0.902. The van der Waals surface area contributed by atoms with E-state index in [0.29, 0.717) is 13.2 Å². The van der Waals surface area contributed by atoms with Gasteiger partial charge in [0.25, 0.3) is 0 Å². The first-order valence-electron chi connectivity index (χ1n) is 10.4. The number of hydrogen-bond acceptors (Lipinski definition) is 1. The second-order valence-electron chi connectivity index (χ2n) is 7.24. The maximum Gasteiger partial charge on any atom is 0.0717 e. The highest BCUT2D eigenvalue weighted by Crippen LogP contribution is 2.43. The molecule has 0 aliphatic heterocycles. The third-order valence-electron chi connectivity index (χ3n) is 5.27. The van der Waals surface area contributed by atoms with Crippen LogP contribution in [0.3, 0.4) is 0 Å². The summed E-state index contributed by atoms with van der Waals surface area (Å²) in [7, 11) is 0. The molecule has 0 heterocycles. The Labute approximate surface area is 180 Å². The molecule has 0 saturated carbocycles. The van der Waals surface area contributed by atoms with Crippen LogP contribution in [0.1, 0.15) is 12.0 Å². The summed E-state index contributed by atoms with van der Waals surface area (Å²) in [6, 6.07) is 43.2. The topological polar surface area (TPSA) is 9.23 Å². The molecule has 0 unspecified atom stereocenters. The molecule has 0 aromatic heterocycles. The van der Waals surface area contributed by atoms with Crippen molar-refractivity contribution < 1.29 is 4.74 Å². The van der Waals surface area contributed by atoms with Gasteiger partial charge in [-0.15, -0.1) is 0 Å². The fraction of sp³-hybridized carbons (Fsp3) is 0.107. The van der Waals surface area contributed by atoms with Crippen LogP contribution in [0.5, 0.6) is 0 Å². The predicted octanol–water partition coefficient (Wildman–Crippen LogP) is 5.39. The Morgan fingerprint density at radius 1 is 0.533 bits per heavy atom. The summed E-state index contributed by atoms with van der Waals surface area (Å²) < 4.78 is 6.01. The molecule has 150 valence electrons. The Balaban J connectivity index is 1.70. The first-order chi connectivity index (χ1) is 14.9. The number of rotatable bonds is 8. The van der Waals surface area contributed by atoms with Gasteiger partial charge in [-0.2, -0.15) is 0 Å². The van der Waals surface area contributed by atoms with Gasteiger partial charge < -0.3 is 4.74 Å². The number of benzene rings is 4.